The fraction of sp³-hybridized carbons (Fsp3) is 0.333. The molecular formula is C30H31N3O5S. The fourth-order valence-electron chi connectivity index (χ4n) is 5.30. The van der Waals surface area contributed by atoms with E-state index in [-0.39, 0.29) is 5.91 Å². The molecule has 0 spiro atoms. The summed E-state index contributed by atoms with van der Waals surface area (Å²) in [6.45, 7) is 4.72. The molecule has 39 heavy (non-hydrogen) atoms. The zero-order chi connectivity index (χ0) is 26.8. The fourth-order valence-corrected chi connectivity index (χ4v) is 6.40. The van der Waals surface area contributed by atoms with Crippen molar-refractivity contribution in [3.8, 4) is 23.0 Å². The van der Waals surface area contributed by atoms with Gasteiger partial charge in [-0.05, 0) is 30.7 Å². The van der Waals surface area contributed by atoms with Crippen LogP contribution in [0.15, 0.2) is 60.7 Å². The predicted molar refractivity (Wildman–Crippen MR) is 152 cm³/mol. The Kier molecular flexibility index (Phi) is 7.36. The minimum Gasteiger partial charge on any atom is -0.495 e. The topological polar surface area (TPSA) is 73.4 Å². The molecule has 1 aromatic heterocycles. The second kappa shape index (κ2) is 11.2. The molecule has 0 bridgehead atoms. The van der Waals surface area contributed by atoms with Crippen molar-refractivity contribution in [1.82, 2.24) is 9.88 Å². The van der Waals surface area contributed by atoms with Gasteiger partial charge in [-0.2, -0.15) is 0 Å². The van der Waals surface area contributed by atoms with Gasteiger partial charge in [-0.3, -0.25) is 14.6 Å². The van der Waals surface area contributed by atoms with Gasteiger partial charge in [0.15, 0.2) is 5.13 Å². The third-order valence-electron chi connectivity index (χ3n) is 7.28. The van der Waals surface area contributed by atoms with Crippen molar-refractivity contribution in [3.63, 3.8) is 0 Å². The lowest BCUT2D eigenvalue weighted by Crippen LogP contribution is -2.40. The Hall–Kier alpha value is -3.66. The molecule has 0 N–H and O–H groups in total. The van der Waals surface area contributed by atoms with Crippen molar-refractivity contribution >= 4 is 32.6 Å². The largest absolute Gasteiger partial charge is 0.495 e. The number of morpholine rings is 1. The number of hydrogen-bond donors (Lipinski definition) is 0. The van der Waals surface area contributed by atoms with Crippen molar-refractivity contribution in [2.24, 2.45) is 0 Å². The van der Waals surface area contributed by atoms with E-state index >= 15 is 0 Å². The zero-order valence-corrected chi connectivity index (χ0v) is 22.9. The third kappa shape index (κ3) is 4.93. The van der Waals surface area contributed by atoms with Crippen LogP contribution in [-0.4, -0.2) is 69.4 Å². The maximum atomic E-state index is 14.6. The van der Waals surface area contributed by atoms with Crippen LogP contribution in [0, 0.1) is 0 Å². The summed E-state index contributed by atoms with van der Waals surface area (Å²) in [4.78, 5) is 23.8. The molecule has 1 fully saturated rings. The molecule has 0 unspecified atom stereocenters. The summed E-state index contributed by atoms with van der Waals surface area (Å²) in [6.07, 6.45) is 0.808. The predicted octanol–water partition coefficient (Wildman–Crippen LogP) is 5.31. The third-order valence-corrected chi connectivity index (χ3v) is 8.38. The van der Waals surface area contributed by atoms with Crippen LogP contribution in [0.3, 0.4) is 0 Å². The molecule has 2 aliphatic heterocycles. The molecule has 9 heteroatoms. The lowest BCUT2D eigenvalue weighted by Gasteiger charge is -2.32. The molecule has 3 heterocycles. The molecular weight excluding hydrogens is 514 g/mol. The van der Waals surface area contributed by atoms with Gasteiger partial charge in [0.1, 0.15) is 33.2 Å². The molecule has 8 nitrogen and oxygen atoms in total. The lowest BCUT2D eigenvalue weighted by atomic mass is 9.87. The SMILES string of the molecule is COc1ccc(OC)c2sc(N(CCCN3CCOCC3)C(=O)C3c4ccccc4Oc4ccccc43)nc12. The number of thiazole rings is 1. The highest BCUT2D eigenvalue weighted by molar-refractivity contribution is 7.22. The number of para-hydroxylation sites is 2. The van der Waals surface area contributed by atoms with E-state index in [9.17, 15) is 4.79 Å². The van der Waals surface area contributed by atoms with Crippen molar-refractivity contribution in [1.29, 1.82) is 0 Å². The van der Waals surface area contributed by atoms with Crippen LogP contribution in [0.5, 0.6) is 23.0 Å². The first-order valence-electron chi connectivity index (χ1n) is 13.2. The Morgan fingerprint density at radius 1 is 0.974 bits per heavy atom. The van der Waals surface area contributed by atoms with Crippen molar-refractivity contribution in [2.75, 3.05) is 58.5 Å². The summed E-state index contributed by atoms with van der Waals surface area (Å²) >= 11 is 1.45. The maximum absolute atomic E-state index is 14.6. The summed E-state index contributed by atoms with van der Waals surface area (Å²) < 4.78 is 23.8. The van der Waals surface area contributed by atoms with Crippen LogP contribution < -0.4 is 19.1 Å². The molecule has 1 saturated heterocycles. The minimum absolute atomic E-state index is 0.0304. The number of aromatic nitrogens is 1. The van der Waals surface area contributed by atoms with E-state index in [1.807, 2.05) is 65.6 Å². The Morgan fingerprint density at radius 3 is 2.28 bits per heavy atom. The zero-order valence-electron chi connectivity index (χ0n) is 22.1. The summed E-state index contributed by atoms with van der Waals surface area (Å²) in [6, 6.07) is 19.3. The maximum Gasteiger partial charge on any atom is 0.241 e. The molecule has 6 rings (SSSR count). The Morgan fingerprint density at radius 2 is 1.62 bits per heavy atom. The van der Waals surface area contributed by atoms with E-state index < -0.39 is 5.92 Å². The number of rotatable bonds is 8. The molecule has 0 aliphatic carbocycles. The van der Waals surface area contributed by atoms with E-state index in [0.29, 0.717) is 40.2 Å². The molecule has 2 aliphatic rings. The molecule has 1 amide bonds. The van der Waals surface area contributed by atoms with Crippen LogP contribution in [0.25, 0.3) is 10.2 Å². The van der Waals surface area contributed by atoms with Gasteiger partial charge in [0.2, 0.25) is 5.91 Å². The molecule has 4 aromatic rings. The molecule has 0 radical (unpaired) electrons. The van der Waals surface area contributed by atoms with E-state index in [4.69, 9.17) is 23.9 Å². The van der Waals surface area contributed by atoms with E-state index in [0.717, 1.165) is 55.1 Å². The highest BCUT2D eigenvalue weighted by atomic mass is 32.1. The number of hydrogen-bond acceptors (Lipinski definition) is 8. The Bertz CT molecular complexity index is 1400. The van der Waals surface area contributed by atoms with Crippen molar-refractivity contribution in [3.05, 3.63) is 71.8 Å². The highest BCUT2D eigenvalue weighted by Gasteiger charge is 2.36. The summed E-state index contributed by atoms with van der Waals surface area (Å²) in [7, 11) is 3.27. The number of nitrogens with zero attached hydrogens (tertiary/aromatic N) is 3. The van der Waals surface area contributed by atoms with Gasteiger partial charge in [-0.15, -0.1) is 0 Å². The molecule has 3 aromatic carbocycles. The van der Waals surface area contributed by atoms with Gasteiger partial charge in [0.25, 0.3) is 0 Å². The van der Waals surface area contributed by atoms with E-state index in [2.05, 4.69) is 4.90 Å². The molecule has 0 saturated carbocycles. The van der Waals surface area contributed by atoms with E-state index in [1.165, 1.54) is 11.3 Å². The molecule has 202 valence electrons. The van der Waals surface area contributed by atoms with Crippen molar-refractivity contribution < 1.29 is 23.7 Å². The average molecular weight is 546 g/mol. The number of ether oxygens (including phenoxy) is 4. The number of anilines is 1. The molecule has 0 atom stereocenters. The van der Waals surface area contributed by atoms with Crippen LogP contribution in [0.1, 0.15) is 23.5 Å². The first-order valence-corrected chi connectivity index (χ1v) is 14.0. The van der Waals surface area contributed by atoms with Gasteiger partial charge in [0.05, 0.1) is 33.4 Å². The van der Waals surface area contributed by atoms with Gasteiger partial charge in [-0.1, -0.05) is 47.7 Å². The minimum atomic E-state index is -0.509. The van der Waals surface area contributed by atoms with Crippen LogP contribution >= 0.6 is 11.3 Å². The first kappa shape index (κ1) is 25.6. The quantitative estimate of drug-likeness (QED) is 0.297. The number of methoxy groups -OCH3 is 2. The normalized spacial score (nSPS) is 15.3. The number of amides is 1. The summed E-state index contributed by atoms with van der Waals surface area (Å²) in [5, 5.41) is 0.626. The van der Waals surface area contributed by atoms with Crippen LogP contribution in [0.4, 0.5) is 5.13 Å². The summed E-state index contributed by atoms with van der Waals surface area (Å²) in [5.41, 5.74) is 2.40. The van der Waals surface area contributed by atoms with Crippen LogP contribution in [-0.2, 0) is 9.53 Å². The van der Waals surface area contributed by atoms with Gasteiger partial charge < -0.3 is 18.9 Å². The van der Waals surface area contributed by atoms with Gasteiger partial charge >= 0.3 is 0 Å². The summed E-state index contributed by atoms with van der Waals surface area (Å²) in [5.74, 6) is 2.22. The number of benzene rings is 3. The second-order valence-electron chi connectivity index (χ2n) is 9.55. The second-order valence-corrected chi connectivity index (χ2v) is 10.5. The lowest BCUT2D eigenvalue weighted by molar-refractivity contribution is -0.119. The Labute approximate surface area is 231 Å². The standard InChI is InChI=1S/C30H31N3O5S/c1-35-24-12-13-25(36-2)28-27(24)31-30(39-28)33(15-7-14-32-16-18-37-19-17-32)29(34)26-20-8-3-5-10-22(20)38-23-11-6-4-9-21(23)26/h3-6,8-13,26H,7,14-19H2,1-2H3. The number of carbonyl (C=O) groups excluding carboxylic acids is 1. The highest BCUT2D eigenvalue weighted by Crippen LogP contribution is 2.46. The number of fused-ring (bicyclic) bond motifs is 3. The first-order chi connectivity index (χ1) is 19.2. The van der Waals surface area contributed by atoms with Gasteiger partial charge in [-0.25, -0.2) is 4.98 Å². The average Bonchev–Trinajstić information content (AvgIpc) is 3.43. The Balaban J connectivity index is 1.41. The monoisotopic (exact) mass is 545 g/mol. The number of carbonyl (C=O) groups is 1. The van der Waals surface area contributed by atoms with Gasteiger partial charge in [0, 0.05) is 37.3 Å². The smallest absolute Gasteiger partial charge is 0.241 e. The van der Waals surface area contributed by atoms with Crippen molar-refractivity contribution in [2.45, 2.75) is 12.3 Å². The van der Waals surface area contributed by atoms with Crippen LogP contribution in [0.2, 0.25) is 0 Å². The van der Waals surface area contributed by atoms with E-state index in [1.54, 1.807) is 14.2 Å².